The molecule has 0 bridgehead atoms. The highest BCUT2D eigenvalue weighted by Gasteiger charge is 2.23. The van der Waals surface area contributed by atoms with E-state index in [1.54, 1.807) is 30.3 Å². The molecule has 0 spiro atoms. The number of fused-ring (bicyclic) bond motifs is 1. The van der Waals surface area contributed by atoms with Crippen LogP contribution in [0.25, 0.3) is 22.0 Å². The highest BCUT2D eigenvalue weighted by molar-refractivity contribution is 6.35. The zero-order chi connectivity index (χ0) is 16.6. The molecule has 0 N–H and O–H groups in total. The number of ether oxygens (including phenoxy) is 1. The maximum absolute atomic E-state index is 11.6. The van der Waals surface area contributed by atoms with Gasteiger partial charge in [-0.3, -0.25) is 10.1 Å². The lowest BCUT2D eigenvalue weighted by atomic mass is 10.0. The molecule has 0 saturated carbocycles. The van der Waals surface area contributed by atoms with Gasteiger partial charge in [-0.15, -0.1) is 0 Å². The number of aryl methyl sites for hydroxylation is 1. The van der Waals surface area contributed by atoms with Gasteiger partial charge in [0.05, 0.1) is 17.4 Å². The lowest BCUT2D eigenvalue weighted by molar-refractivity contribution is -0.382. The highest BCUT2D eigenvalue weighted by atomic mass is 35.5. The van der Waals surface area contributed by atoms with Crippen LogP contribution in [0.2, 0.25) is 5.15 Å². The number of pyridine rings is 1. The van der Waals surface area contributed by atoms with Crippen molar-refractivity contribution in [3.8, 4) is 17.0 Å². The van der Waals surface area contributed by atoms with E-state index < -0.39 is 4.92 Å². The van der Waals surface area contributed by atoms with Gasteiger partial charge in [-0.25, -0.2) is 4.98 Å². The van der Waals surface area contributed by atoms with Gasteiger partial charge in [0.1, 0.15) is 10.9 Å². The molecule has 6 heteroatoms. The minimum Gasteiger partial charge on any atom is -0.497 e. The second kappa shape index (κ2) is 5.85. The Morgan fingerprint density at radius 3 is 2.43 bits per heavy atom. The number of rotatable bonds is 3. The fraction of sp³-hybridized carbons (Fsp3) is 0.118. The van der Waals surface area contributed by atoms with Gasteiger partial charge in [0.15, 0.2) is 5.69 Å². The molecule has 1 heterocycles. The Hall–Kier alpha value is -2.66. The van der Waals surface area contributed by atoms with E-state index in [1.807, 2.05) is 19.1 Å². The molecule has 116 valence electrons. The number of nitrogens with zero attached hydrogens (tertiary/aromatic N) is 2. The molecule has 0 radical (unpaired) electrons. The van der Waals surface area contributed by atoms with Crippen LogP contribution >= 0.6 is 11.6 Å². The Morgan fingerprint density at radius 2 is 1.83 bits per heavy atom. The molecule has 0 saturated heterocycles. The minimum atomic E-state index is -0.423. The van der Waals surface area contributed by atoms with E-state index in [0.29, 0.717) is 22.1 Å². The average molecular weight is 329 g/mol. The van der Waals surface area contributed by atoms with Gasteiger partial charge in [0.2, 0.25) is 0 Å². The summed E-state index contributed by atoms with van der Waals surface area (Å²) in [4.78, 5) is 15.5. The highest BCUT2D eigenvalue weighted by Crippen LogP contribution is 2.39. The molecule has 0 atom stereocenters. The maximum Gasteiger partial charge on any atom is 0.303 e. The van der Waals surface area contributed by atoms with Crippen LogP contribution in [-0.2, 0) is 0 Å². The molecule has 23 heavy (non-hydrogen) atoms. The first-order valence-electron chi connectivity index (χ1n) is 6.90. The fourth-order valence-corrected chi connectivity index (χ4v) is 2.70. The molecular formula is C17H13ClN2O3. The molecule has 1 aromatic heterocycles. The summed E-state index contributed by atoms with van der Waals surface area (Å²) >= 11 is 6.26. The molecule has 0 aliphatic rings. The van der Waals surface area contributed by atoms with E-state index in [2.05, 4.69) is 4.98 Å². The average Bonchev–Trinajstić information content (AvgIpc) is 2.54. The van der Waals surface area contributed by atoms with E-state index in [1.165, 1.54) is 7.11 Å². The second-order valence-electron chi connectivity index (χ2n) is 5.13. The van der Waals surface area contributed by atoms with Gasteiger partial charge in [-0.05, 0) is 25.1 Å². The van der Waals surface area contributed by atoms with Crippen molar-refractivity contribution < 1.29 is 9.66 Å². The number of benzene rings is 2. The first-order valence-corrected chi connectivity index (χ1v) is 7.27. The van der Waals surface area contributed by atoms with Crippen molar-refractivity contribution in [3.05, 3.63) is 63.3 Å². The zero-order valence-corrected chi connectivity index (χ0v) is 13.3. The van der Waals surface area contributed by atoms with Crippen LogP contribution in [0.4, 0.5) is 5.69 Å². The van der Waals surface area contributed by atoms with Gasteiger partial charge in [-0.1, -0.05) is 41.4 Å². The van der Waals surface area contributed by atoms with Crippen molar-refractivity contribution in [1.82, 2.24) is 4.98 Å². The fourth-order valence-electron chi connectivity index (χ4n) is 2.46. The Balaban J connectivity index is 2.36. The molecular weight excluding hydrogens is 316 g/mol. The smallest absolute Gasteiger partial charge is 0.303 e. The third-order valence-corrected chi connectivity index (χ3v) is 3.93. The lowest BCUT2D eigenvalue weighted by Gasteiger charge is -2.09. The predicted molar refractivity (Wildman–Crippen MR) is 90.1 cm³/mol. The largest absolute Gasteiger partial charge is 0.497 e. The maximum atomic E-state index is 11.6. The van der Waals surface area contributed by atoms with Crippen molar-refractivity contribution >= 4 is 28.1 Å². The Kier molecular flexibility index (Phi) is 3.88. The third-order valence-electron chi connectivity index (χ3n) is 3.65. The van der Waals surface area contributed by atoms with E-state index in [0.717, 1.165) is 5.56 Å². The van der Waals surface area contributed by atoms with Gasteiger partial charge in [0.25, 0.3) is 0 Å². The van der Waals surface area contributed by atoms with Crippen LogP contribution in [0, 0.1) is 17.0 Å². The van der Waals surface area contributed by atoms with Crippen molar-refractivity contribution in [3.63, 3.8) is 0 Å². The molecule has 0 unspecified atom stereocenters. The summed E-state index contributed by atoms with van der Waals surface area (Å²) in [6.07, 6.45) is 0. The number of nitro groups is 1. The molecule has 3 aromatic rings. The summed E-state index contributed by atoms with van der Waals surface area (Å²) in [6, 6.07) is 12.3. The Labute approximate surface area is 137 Å². The Morgan fingerprint density at radius 1 is 1.13 bits per heavy atom. The minimum absolute atomic E-state index is 0.0593. The molecule has 0 amide bonds. The SMILES string of the molecule is COc1ccc2c([N+](=O)[O-])c(-c3ccc(C)cc3)nc(Cl)c2c1. The van der Waals surface area contributed by atoms with Crippen molar-refractivity contribution in [2.75, 3.05) is 7.11 Å². The van der Waals surface area contributed by atoms with E-state index >= 15 is 0 Å². The van der Waals surface area contributed by atoms with Crippen LogP contribution < -0.4 is 4.74 Å². The standard InChI is InChI=1S/C17H13ClN2O3/c1-10-3-5-11(6-4-10)15-16(20(21)22)13-8-7-12(23-2)9-14(13)17(18)19-15/h3-9H,1-2H3. The summed E-state index contributed by atoms with van der Waals surface area (Å²) in [7, 11) is 1.53. The predicted octanol–water partition coefficient (Wildman–Crippen LogP) is 4.78. The molecule has 0 fully saturated rings. The number of hydrogen-bond donors (Lipinski definition) is 0. The Bertz CT molecular complexity index is 908. The normalized spacial score (nSPS) is 10.7. The molecule has 0 aliphatic carbocycles. The zero-order valence-electron chi connectivity index (χ0n) is 12.5. The van der Waals surface area contributed by atoms with E-state index in [-0.39, 0.29) is 16.5 Å². The van der Waals surface area contributed by atoms with Crippen molar-refractivity contribution in [2.24, 2.45) is 0 Å². The van der Waals surface area contributed by atoms with Gasteiger partial charge in [0, 0.05) is 10.9 Å². The molecule has 0 aliphatic heterocycles. The summed E-state index contributed by atoms with van der Waals surface area (Å²) in [5.41, 5.74) is 1.92. The van der Waals surface area contributed by atoms with Gasteiger partial charge in [-0.2, -0.15) is 0 Å². The van der Waals surface area contributed by atoms with E-state index in [4.69, 9.17) is 16.3 Å². The summed E-state index contributed by atoms with van der Waals surface area (Å²) in [5, 5.41) is 12.8. The second-order valence-corrected chi connectivity index (χ2v) is 5.49. The summed E-state index contributed by atoms with van der Waals surface area (Å²) < 4.78 is 5.15. The number of halogens is 1. The number of aromatic nitrogens is 1. The van der Waals surface area contributed by atoms with E-state index in [9.17, 15) is 10.1 Å². The third kappa shape index (κ3) is 2.71. The van der Waals surface area contributed by atoms with Crippen molar-refractivity contribution in [1.29, 1.82) is 0 Å². The van der Waals surface area contributed by atoms with Crippen molar-refractivity contribution in [2.45, 2.75) is 6.92 Å². The first kappa shape index (κ1) is 15.2. The summed E-state index contributed by atoms with van der Waals surface area (Å²) in [5.74, 6) is 0.568. The molecule has 2 aromatic carbocycles. The van der Waals surface area contributed by atoms with Crippen LogP contribution in [0.1, 0.15) is 5.56 Å². The number of methoxy groups -OCH3 is 1. The van der Waals surface area contributed by atoms with Crippen LogP contribution in [-0.4, -0.2) is 17.0 Å². The van der Waals surface area contributed by atoms with Crippen LogP contribution in [0.15, 0.2) is 42.5 Å². The quantitative estimate of drug-likeness (QED) is 0.394. The van der Waals surface area contributed by atoms with Gasteiger partial charge >= 0.3 is 5.69 Å². The van der Waals surface area contributed by atoms with Gasteiger partial charge < -0.3 is 4.74 Å². The van der Waals surface area contributed by atoms with Crippen LogP contribution in [0.5, 0.6) is 5.75 Å². The topological polar surface area (TPSA) is 65.3 Å². The molecule has 5 nitrogen and oxygen atoms in total. The first-order chi connectivity index (χ1) is 11.0. The monoisotopic (exact) mass is 328 g/mol. The summed E-state index contributed by atoms with van der Waals surface area (Å²) in [6.45, 7) is 1.95. The number of hydrogen-bond acceptors (Lipinski definition) is 4. The van der Waals surface area contributed by atoms with Crippen LogP contribution in [0.3, 0.4) is 0 Å². The molecule has 3 rings (SSSR count). The lowest BCUT2D eigenvalue weighted by Crippen LogP contribution is -1.98.